The van der Waals surface area contributed by atoms with Crippen LogP contribution in [0.2, 0.25) is 0 Å². The lowest BCUT2D eigenvalue weighted by Gasteiger charge is -2.21. The Hall–Kier alpha value is -2.69. The summed E-state index contributed by atoms with van der Waals surface area (Å²) in [6.45, 7) is 1.83. The molecule has 0 saturated carbocycles. The summed E-state index contributed by atoms with van der Waals surface area (Å²) in [4.78, 5) is 25.3. The van der Waals surface area contributed by atoms with Gasteiger partial charge in [-0.05, 0) is 60.5 Å². The third-order valence-electron chi connectivity index (χ3n) is 5.36. The van der Waals surface area contributed by atoms with Gasteiger partial charge in [-0.25, -0.2) is 13.2 Å². The summed E-state index contributed by atoms with van der Waals surface area (Å²) in [6.07, 6.45) is 0. The van der Waals surface area contributed by atoms with E-state index in [1.807, 2.05) is 31.2 Å². The molecular formula is C25H24Br2N2O5S. The average molecular weight is 624 g/mol. The van der Waals surface area contributed by atoms with E-state index >= 15 is 0 Å². The van der Waals surface area contributed by atoms with Crippen molar-refractivity contribution in [2.45, 2.75) is 18.7 Å². The topological polar surface area (TPSA) is 92.8 Å². The number of halogens is 2. The molecule has 0 fully saturated rings. The maximum absolute atomic E-state index is 13.1. The number of carbonyl (C=O) groups is 2. The summed E-state index contributed by atoms with van der Waals surface area (Å²) in [7, 11) is -1.21. The van der Waals surface area contributed by atoms with Crippen LogP contribution >= 0.6 is 31.9 Å². The van der Waals surface area contributed by atoms with Crippen LogP contribution < -0.4 is 9.62 Å². The van der Waals surface area contributed by atoms with Gasteiger partial charge < -0.3 is 10.1 Å². The average Bonchev–Trinajstić information content (AvgIpc) is 2.84. The first kappa shape index (κ1) is 26.9. The van der Waals surface area contributed by atoms with Crippen LogP contribution in [-0.4, -0.2) is 34.5 Å². The Labute approximate surface area is 221 Å². The Kier molecular flexibility index (Phi) is 8.74. The van der Waals surface area contributed by atoms with Crippen LogP contribution in [0.15, 0.2) is 75.7 Å². The molecule has 1 amide bonds. The van der Waals surface area contributed by atoms with Crippen molar-refractivity contribution in [3.63, 3.8) is 0 Å². The number of carbonyl (C=O) groups excluding carboxylic acids is 2. The second-order valence-electron chi connectivity index (χ2n) is 7.86. The van der Waals surface area contributed by atoms with Crippen LogP contribution in [0.1, 0.15) is 44.8 Å². The summed E-state index contributed by atoms with van der Waals surface area (Å²) in [5, 5.41) is 2.89. The second kappa shape index (κ2) is 11.4. The predicted octanol–water partition coefficient (Wildman–Crippen LogP) is 5.46. The van der Waals surface area contributed by atoms with Crippen LogP contribution in [0.5, 0.6) is 0 Å². The van der Waals surface area contributed by atoms with Crippen molar-refractivity contribution in [1.29, 1.82) is 0 Å². The lowest BCUT2D eigenvalue weighted by Crippen LogP contribution is -2.30. The molecule has 3 rings (SSSR count). The maximum atomic E-state index is 13.1. The molecule has 1 atom stereocenters. The van der Waals surface area contributed by atoms with E-state index in [9.17, 15) is 18.0 Å². The predicted molar refractivity (Wildman–Crippen MR) is 143 cm³/mol. The number of methoxy groups -OCH3 is 1. The smallest absolute Gasteiger partial charge is 0.337 e. The van der Waals surface area contributed by atoms with Crippen LogP contribution in [-0.2, 0) is 20.5 Å². The molecule has 1 N–H and O–H groups in total. The molecule has 0 bridgehead atoms. The number of hydrogen-bond acceptors (Lipinski definition) is 5. The van der Waals surface area contributed by atoms with E-state index in [0.717, 1.165) is 18.8 Å². The molecule has 0 heterocycles. The van der Waals surface area contributed by atoms with Gasteiger partial charge in [0.15, 0.2) is 0 Å². The molecule has 0 aliphatic carbocycles. The number of esters is 1. The fourth-order valence-electron chi connectivity index (χ4n) is 3.32. The zero-order valence-electron chi connectivity index (χ0n) is 19.3. The summed E-state index contributed by atoms with van der Waals surface area (Å²) in [5.41, 5.74) is 1.87. The highest BCUT2D eigenvalue weighted by Crippen LogP contribution is 2.25. The van der Waals surface area contributed by atoms with Gasteiger partial charge in [0, 0.05) is 21.6 Å². The zero-order valence-corrected chi connectivity index (χ0v) is 23.3. The molecule has 10 heteroatoms. The molecule has 0 saturated heterocycles. The third-order valence-corrected chi connectivity index (χ3v) is 8.16. The summed E-state index contributed by atoms with van der Waals surface area (Å²) >= 11 is 6.72. The Morgan fingerprint density at radius 1 is 0.943 bits per heavy atom. The second-order valence-corrected chi connectivity index (χ2v) is 11.7. The first-order valence-corrected chi connectivity index (χ1v) is 13.7. The third kappa shape index (κ3) is 6.93. The van der Waals surface area contributed by atoms with Crippen LogP contribution in [0, 0.1) is 0 Å². The SMILES string of the molecule is COC(=O)c1cc(C(=O)N[C@@H](C)c2ccc(Br)cc2)cc(N(C)S(=O)(=O)Cc2ccc(Br)cc2)c1. The highest BCUT2D eigenvalue weighted by atomic mass is 79.9. The Bertz CT molecular complexity index is 1330. The first-order chi connectivity index (χ1) is 16.5. The van der Waals surface area contributed by atoms with Crippen LogP contribution in [0.3, 0.4) is 0 Å². The number of anilines is 1. The van der Waals surface area contributed by atoms with Gasteiger partial charge in [-0.2, -0.15) is 0 Å². The van der Waals surface area contributed by atoms with E-state index in [-0.39, 0.29) is 28.6 Å². The molecule has 0 radical (unpaired) electrons. The van der Waals surface area contributed by atoms with Gasteiger partial charge in [-0.1, -0.05) is 56.1 Å². The summed E-state index contributed by atoms with van der Waals surface area (Å²) in [5.74, 6) is -1.38. The number of sulfonamides is 1. The number of ether oxygens (including phenoxy) is 1. The maximum Gasteiger partial charge on any atom is 0.337 e. The molecule has 0 unspecified atom stereocenters. The molecular weight excluding hydrogens is 600 g/mol. The van der Waals surface area contributed by atoms with Gasteiger partial charge in [-0.15, -0.1) is 0 Å². The molecule has 3 aromatic rings. The monoisotopic (exact) mass is 622 g/mol. The van der Waals surface area contributed by atoms with Crippen LogP contribution in [0.4, 0.5) is 5.69 Å². The Morgan fingerprint density at radius 3 is 2.06 bits per heavy atom. The number of nitrogens with one attached hydrogen (secondary N) is 1. The van der Waals surface area contributed by atoms with Gasteiger partial charge in [0.1, 0.15) is 0 Å². The number of benzene rings is 3. The van der Waals surface area contributed by atoms with Crippen LogP contribution in [0.25, 0.3) is 0 Å². The van der Waals surface area contributed by atoms with Gasteiger partial charge in [0.2, 0.25) is 10.0 Å². The summed E-state index contributed by atoms with van der Waals surface area (Å²) < 4.78 is 33.8. The van der Waals surface area contributed by atoms with Gasteiger partial charge in [0.05, 0.1) is 30.2 Å². The molecule has 35 heavy (non-hydrogen) atoms. The van der Waals surface area contributed by atoms with E-state index in [0.29, 0.717) is 5.56 Å². The fraction of sp³-hybridized carbons (Fsp3) is 0.200. The highest BCUT2D eigenvalue weighted by molar-refractivity contribution is 9.10. The van der Waals surface area contributed by atoms with Crippen molar-refractivity contribution >= 4 is 59.4 Å². The van der Waals surface area contributed by atoms with E-state index in [4.69, 9.17) is 4.74 Å². The van der Waals surface area contributed by atoms with E-state index in [2.05, 4.69) is 37.2 Å². The lowest BCUT2D eigenvalue weighted by molar-refractivity contribution is 0.0600. The van der Waals surface area contributed by atoms with Gasteiger partial charge in [-0.3, -0.25) is 9.10 Å². The van der Waals surface area contributed by atoms with Crippen molar-refractivity contribution in [3.05, 3.63) is 97.9 Å². The van der Waals surface area contributed by atoms with Crippen molar-refractivity contribution in [1.82, 2.24) is 5.32 Å². The highest BCUT2D eigenvalue weighted by Gasteiger charge is 2.23. The number of hydrogen-bond donors (Lipinski definition) is 1. The quantitative estimate of drug-likeness (QED) is 0.337. The van der Waals surface area contributed by atoms with Crippen molar-refractivity contribution < 1.29 is 22.7 Å². The lowest BCUT2D eigenvalue weighted by atomic mass is 10.1. The minimum atomic E-state index is -3.81. The van der Waals surface area contributed by atoms with Gasteiger partial charge >= 0.3 is 5.97 Å². The number of nitrogens with zero attached hydrogens (tertiary/aromatic N) is 1. The Balaban J connectivity index is 1.91. The van der Waals surface area contributed by atoms with E-state index < -0.39 is 21.9 Å². The molecule has 0 aliphatic heterocycles. The van der Waals surface area contributed by atoms with Crippen molar-refractivity contribution in [2.24, 2.45) is 0 Å². The molecule has 7 nitrogen and oxygen atoms in total. The molecule has 0 aliphatic rings. The van der Waals surface area contributed by atoms with Crippen molar-refractivity contribution in [3.8, 4) is 0 Å². The zero-order chi connectivity index (χ0) is 25.8. The van der Waals surface area contributed by atoms with E-state index in [1.54, 1.807) is 24.3 Å². The van der Waals surface area contributed by atoms with Gasteiger partial charge in [0.25, 0.3) is 5.91 Å². The normalized spacial score (nSPS) is 12.0. The molecule has 0 aromatic heterocycles. The first-order valence-electron chi connectivity index (χ1n) is 10.5. The number of rotatable bonds is 8. The summed E-state index contributed by atoms with van der Waals surface area (Å²) in [6, 6.07) is 18.4. The van der Waals surface area contributed by atoms with E-state index in [1.165, 1.54) is 32.4 Å². The molecule has 3 aromatic carbocycles. The fourth-order valence-corrected chi connectivity index (χ4v) is 5.09. The molecule has 0 spiro atoms. The minimum absolute atomic E-state index is 0.0668. The molecule has 184 valence electrons. The standard InChI is InChI=1S/C25H24Br2N2O5S/c1-16(18-6-10-22(27)11-7-18)28-24(30)19-12-20(25(31)34-3)14-23(13-19)29(2)35(32,33)15-17-4-8-21(26)9-5-17/h4-14,16H,15H2,1-3H3,(H,28,30)/t16-/m0/s1. The number of amides is 1. The largest absolute Gasteiger partial charge is 0.465 e. The Morgan fingerprint density at radius 2 is 1.49 bits per heavy atom. The minimum Gasteiger partial charge on any atom is -0.465 e. The van der Waals surface area contributed by atoms with Crippen molar-refractivity contribution in [2.75, 3.05) is 18.5 Å².